The molecule has 0 bridgehead atoms. The molecule has 1 aliphatic rings. The summed E-state index contributed by atoms with van der Waals surface area (Å²) in [6, 6.07) is 13.7. The number of hydrogen-bond donors (Lipinski definition) is 0. The highest BCUT2D eigenvalue weighted by Crippen LogP contribution is 2.25. The zero-order chi connectivity index (χ0) is 24.3. The standard InChI is InChI=1S/C19H16F3N3O2.C5H11NO/c20-16-10-14(18-23-24-19(27-18)17(21)22)6-7-15(16)11-25(12-26)9-8-13-4-2-1-3-5-13;1-6-2-4-7-5-3-6/h1-7,10,12,17H,8-9,11H2;2-5H2,1H3. The van der Waals surface area contributed by atoms with E-state index in [4.69, 9.17) is 9.15 Å². The number of benzene rings is 2. The first-order valence-electron chi connectivity index (χ1n) is 10.9. The molecule has 3 aromatic rings. The molecule has 0 unspecified atom stereocenters. The molecule has 2 aromatic carbocycles. The Labute approximate surface area is 196 Å². The summed E-state index contributed by atoms with van der Waals surface area (Å²) in [6.45, 7) is 4.55. The summed E-state index contributed by atoms with van der Waals surface area (Å²) >= 11 is 0. The predicted octanol–water partition coefficient (Wildman–Crippen LogP) is 3.96. The van der Waals surface area contributed by atoms with Crippen LogP contribution in [-0.4, -0.2) is 66.3 Å². The van der Waals surface area contributed by atoms with Crippen molar-refractivity contribution in [3.05, 3.63) is 71.4 Å². The molecule has 0 saturated carbocycles. The van der Waals surface area contributed by atoms with Gasteiger partial charge in [0.1, 0.15) is 5.82 Å². The molecule has 1 aromatic heterocycles. The van der Waals surface area contributed by atoms with Crippen molar-refractivity contribution in [2.24, 2.45) is 0 Å². The van der Waals surface area contributed by atoms with Crippen LogP contribution >= 0.6 is 0 Å². The minimum absolute atomic E-state index is 0.0918. The highest BCUT2D eigenvalue weighted by atomic mass is 19.3. The Balaban J connectivity index is 0.000000396. The van der Waals surface area contributed by atoms with Gasteiger partial charge in [-0.2, -0.15) is 8.78 Å². The summed E-state index contributed by atoms with van der Waals surface area (Å²) in [4.78, 5) is 15.0. The maximum atomic E-state index is 14.4. The predicted molar refractivity (Wildman–Crippen MR) is 120 cm³/mol. The molecular formula is C24H27F3N4O3. The van der Waals surface area contributed by atoms with Gasteiger partial charge < -0.3 is 19.0 Å². The minimum atomic E-state index is -2.89. The fourth-order valence-electron chi connectivity index (χ4n) is 3.21. The molecule has 0 spiro atoms. The van der Waals surface area contributed by atoms with Gasteiger partial charge in [-0.05, 0) is 31.2 Å². The maximum Gasteiger partial charge on any atom is 0.314 e. The molecule has 10 heteroatoms. The van der Waals surface area contributed by atoms with E-state index < -0.39 is 18.1 Å². The summed E-state index contributed by atoms with van der Waals surface area (Å²) < 4.78 is 49.3. The molecule has 0 radical (unpaired) electrons. The number of ether oxygens (including phenoxy) is 1. The van der Waals surface area contributed by atoms with Crippen molar-refractivity contribution in [3.8, 4) is 11.5 Å². The molecule has 7 nitrogen and oxygen atoms in total. The summed E-state index contributed by atoms with van der Waals surface area (Å²) in [5, 5.41) is 6.70. The third-order valence-corrected chi connectivity index (χ3v) is 5.22. The first-order valence-corrected chi connectivity index (χ1v) is 10.9. The van der Waals surface area contributed by atoms with Crippen molar-refractivity contribution >= 4 is 6.41 Å². The van der Waals surface area contributed by atoms with E-state index in [-0.39, 0.29) is 18.0 Å². The number of aromatic nitrogens is 2. The monoisotopic (exact) mass is 476 g/mol. The van der Waals surface area contributed by atoms with E-state index in [0.29, 0.717) is 24.9 Å². The van der Waals surface area contributed by atoms with Gasteiger partial charge in [0.2, 0.25) is 12.3 Å². The van der Waals surface area contributed by atoms with Gasteiger partial charge in [-0.3, -0.25) is 4.79 Å². The lowest BCUT2D eigenvalue weighted by Gasteiger charge is -2.21. The first-order chi connectivity index (χ1) is 16.5. The zero-order valence-electron chi connectivity index (χ0n) is 18.9. The van der Waals surface area contributed by atoms with Crippen molar-refractivity contribution in [1.29, 1.82) is 0 Å². The van der Waals surface area contributed by atoms with Crippen molar-refractivity contribution in [2.75, 3.05) is 39.9 Å². The van der Waals surface area contributed by atoms with E-state index in [9.17, 15) is 18.0 Å². The number of carbonyl (C=O) groups is 1. The van der Waals surface area contributed by atoms with Crippen LogP contribution in [0, 0.1) is 5.82 Å². The number of hydrogen-bond acceptors (Lipinski definition) is 6. The lowest BCUT2D eigenvalue weighted by Crippen LogP contribution is -2.32. The lowest BCUT2D eigenvalue weighted by molar-refractivity contribution is -0.118. The zero-order valence-corrected chi connectivity index (χ0v) is 18.9. The third kappa shape index (κ3) is 7.67. The summed E-state index contributed by atoms with van der Waals surface area (Å²) in [6.07, 6.45) is -1.57. The van der Waals surface area contributed by atoms with Crippen LogP contribution in [-0.2, 0) is 22.5 Å². The maximum absolute atomic E-state index is 14.4. The number of nitrogens with zero attached hydrogens (tertiary/aromatic N) is 4. The number of halogens is 3. The first kappa shape index (κ1) is 25.4. The quantitative estimate of drug-likeness (QED) is 0.459. The fourth-order valence-corrected chi connectivity index (χ4v) is 3.21. The normalized spacial score (nSPS) is 13.9. The Kier molecular flexibility index (Phi) is 9.60. The molecule has 1 amide bonds. The Morgan fingerprint density at radius 2 is 1.85 bits per heavy atom. The van der Waals surface area contributed by atoms with Gasteiger partial charge in [0.15, 0.2) is 0 Å². The Bertz CT molecular complexity index is 1030. The number of alkyl halides is 2. The Morgan fingerprint density at radius 1 is 1.12 bits per heavy atom. The molecule has 4 rings (SSSR count). The highest BCUT2D eigenvalue weighted by Gasteiger charge is 2.18. The number of rotatable bonds is 8. The van der Waals surface area contributed by atoms with Gasteiger partial charge in [0.05, 0.1) is 13.2 Å². The van der Waals surface area contributed by atoms with Crippen LogP contribution in [0.5, 0.6) is 0 Å². The van der Waals surface area contributed by atoms with E-state index in [0.717, 1.165) is 37.9 Å². The van der Waals surface area contributed by atoms with E-state index >= 15 is 0 Å². The molecule has 1 aliphatic heterocycles. The van der Waals surface area contributed by atoms with Gasteiger partial charge in [0, 0.05) is 37.3 Å². The van der Waals surface area contributed by atoms with Crippen LogP contribution in [0.25, 0.3) is 11.5 Å². The second-order valence-electron chi connectivity index (χ2n) is 7.78. The van der Waals surface area contributed by atoms with Gasteiger partial charge in [-0.15, -0.1) is 10.2 Å². The average Bonchev–Trinajstić information content (AvgIpc) is 3.35. The third-order valence-electron chi connectivity index (χ3n) is 5.22. The second-order valence-corrected chi connectivity index (χ2v) is 7.78. The number of carbonyl (C=O) groups excluding carboxylic acids is 1. The number of amides is 1. The van der Waals surface area contributed by atoms with Crippen molar-refractivity contribution in [3.63, 3.8) is 0 Å². The van der Waals surface area contributed by atoms with Gasteiger partial charge in [0.25, 0.3) is 5.89 Å². The molecule has 0 N–H and O–H groups in total. The molecule has 34 heavy (non-hydrogen) atoms. The average molecular weight is 476 g/mol. The van der Waals surface area contributed by atoms with Gasteiger partial charge in [-0.1, -0.05) is 36.4 Å². The smallest absolute Gasteiger partial charge is 0.314 e. The van der Waals surface area contributed by atoms with E-state index in [1.54, 1.807) is 0 Å². The molecular weight excluding hydrogens is 449 g/mol. The Hall–Kier alpha value is -3.24. The molecule has 0 atom stereocenters. The van der Waals surface area contributed by atoms with E-state index in [1.165, 1.54) is 17.0 Å². The number of morpholine rings is 1. The molecule has 2 heterocycles. The molecule has 1 fully saturated rings. The molecule has 1 saturated heterocycles. The summed E-state index contributed by atoms with van der Waals surface area (Å²) in [7, 11) is 2.11. The topological polar surface area (TPSA) is 71.7 Å². The van der Waals surface area contributed by atoms with Crippen molar-refractivity contribution in [2.45, 2.75) is 19.4 Å². The van der Waals surface area contributed by atoms with Crippen molar-refractivity contribution in [1.82, 2.24) is 20.0 Å². The van der Waals surface area contributed by atoms with E-state index in [1.807, 2.05) is 30.3 Å². The molecule has 0 aliphatic carbocycles. The van der Waals surface area contributed by atoms with Gasteiger partial charge in [-0.25, -0.2) is 4.39 Å². The van der Waals surface area contributed by atoms with Crippen molar-refractivity contribution < 1.29 is 27.1 Å². The Morgan fingerprint density at radius 3 is 2.41 bits per heavy atom. The lowest BCUT2D eigenvalue weighted by atomic mass is 10.1. The largest absolute Gasteiger partial charge is 0.415 e. The van der Waals surface area contributed by atoms with Crippen LogP contribution in [0.15, 0.2) is 52.9 Å². The van der Waals surface area contributed by atoms with Crippen LogP contribution in [0.1, 0.15) is 23.4 Å². The minimum Gasteiger partial charge on any atom is -0.415 e. The van der Waals surface area contributed by atoms with Crippen LogP contribution < -0.4 is 0 Å². The SMILES string of the molecule is CN1CCOCC1.O=CN(CCc1ccccc1)Cc1ccc(-c2nnc(C(F)F)o2)cc1F. The second kappa shape index (κ2) is 12.9. The highest BCUT2D eigenvalue weighted by molar-refractivity contribution is 5.54. The fraction of sp³-hybridized carbons (Fsp3) is 0.375. The molecule has 182 valence electrons. The van der Waals surface area contributed by atoms with E-state index in [2.05, 4.69) is 22.1 Å². The van der Waals surface area contributed by atoms with Crippen LogP contribution in [0.4, 0.5) is 13.2 Å². The summed E-state index contributed by atoms with van der Waals surface area (Å²) in [5.41, 5.74) is 1.57. The van der Waals surface area contributed by atoms with Gasteiger partial charge >= 0.3 is 6.43 Å². The summed E-state index contributed by atoms with van der Waals surface area (Å²) in [5.74, 6) is -1.59. The van der Waals surface area contributed by atoms with Crippen LogP contribution in [0.2, 0.25) is 0 Å². The number of likely N-dealkylation sites (N-methyl/N-ethyl adjacent to an activating group) is 1. The van der Waals surface area contributed by atoms with Crippen LogP contribution in [0.3, 0.4) is 0 Å².